The second-order valence-electron chi connectivity index (χ2n) is 3.47. The summed E-state index contributed by atoms with van der Waals surface area (Å²) in [7, 11) is 0. The van der Waals surface area contributed by atoms with Crippen LogP contribution in [0, 0.1) is 5.82 Å². The van der Waals surface area contributed by atoms with Crippen LogP contribution in [0.25, 0.3) is 0 Å². The lowest BCUT2D eigenvalue weighted by molar-refractivity contribution is 0.620. The van der Waals surface area contributed by atoms with Crippen molar-refractivity contribution in [2.75, 3.05) is 5.32 Å². The third kappa shape index (κ3) is 2.83. The van der Waals surface area contributed by atoms with Crippen molar-refractivity contribution >= 4 is 21.6 Å². The monoisotopic (exact) mass is 279 g/mol. The molecule has 0 unspecified atom stereocenters. The number of hydrogen-bond acceptors (Lipinski definition) is 1. The normalized spacial score (nSPS) is 10.1. The zero-order valence-electron chi connectivity index (χ0n) is 8.58. The number of halogens is 2. The molecule has 0 aromatic heterocycles. The largest absolute Gasteiger partial charge is 0.381 e. The van der Waals surface area contributed by atoms with Gasteiger partial charge in [-0.3, -0.25) is 0 Å². The van der Waals surface area contributed by atoms with Crippen molar-refractivity contribution in [3.8, 4) is 0 Å². The van der Waals surface area contributed by atoms with E-state index in [0.717, 1.165) is 11.3 Å². The minimum absolute atomic E-state index is 0.233. The van der Waals surface area contributed by atoms with Gasteiger partial charge in [-0.05, 0) is 45.8 Å². The molecule has 0 aliphatic heterocycles. The van der Waals surface area contributed by atoms with Gasteiger partial charge in [-0.25, -0.2) is 4.39 Å². The van der Waals surface area contributed by atoms with Crippen LogP contribution in [-0.2, 0) is 6.54 Å². The van der Waals surface area contributed by atoms with Gasteiger partial charge in [0, 0.05) is 12.2 Å². The summed E-state index contributed by atoms with van der Waals surface area (Å²) >= 11 is 3.17. The standard InChI is InChI=1S/C13H11BrFN/c14-12-8-10(6-7-13(12)15)9-16-11-4-2-1-3-5-11/h1-8,16H,9H2. The van der Waals surface area contributed by atoms with E-state index in [1.807, 2.05) is 30.3 Å². The molecule has 0 saturated heterocycles. The van der Waals surface area contributed by atoms with E-state index < -0.39 is 0 Å². The van der Waals surface area contributed by atoms with Crippen molar-refractivity contribution in [2.24, 2.45) is 0 Å². The van der Waals surface area contributed by atoms with Gasteiger partial charge in [-0.1, -0.05) is 24.3 Å². The molecule has 2 aromatic carbocycles. The van der Waals surface area contributed by atoms with Gasteiger partial charge in [0.25, 0.3) is 0 Å². The van der Waals surface area contributed by atoms with Crippen molar-refractivity contribution < 1.29 is 4.39 Å². The van der Waals surface area contributed by atoms with Crippen LogP contribution in [0.15, 0.2) is 53.0 Å². The van der Waals surface area contributed by atoms with Crippen LogP contribution < -0.4 is 5.32 Å². The molecule has 0 heterocycles. The Morgan fingerprint density at radius 2 is 1.81 bits per heavy atom. The molecule has 0 bridgehead atoms. The van der Waals surface area contributed by atoms with Crippen LogP contribution in [0.3, 0.4) is 0 Å². The lowest BCUT2D eigenvalue weighted by atomic mass is 10.2. The average molecular weight is 280 g/mol. The second kappa shape index (κ2) is 5.12. The highest BCUT2D eigenvalue weighted by Gasteiger charge is 2.00. The van der Waals surface area contributed by atoms with Gasteiger partial charge in [0.1, 0.15) is 5.82 Å². The van der Waals surface area contributed by atoms with Crippen LogP contribution in [0.5, 0.6) is 0 Å². The summed E-state index contributed by atoms with van der Waals surface area (Å²) in [6.07, 6.45) is 0. The number of benzene rings is 2. The summed E-state index contributed by atoms with van der Waals surface area (Å²) in [5, 5.41) is 3.26. The highest BCUT2D eigenvalue weighted by Crippen LogP contribution is 2.17. The average Bonchev–Trinajstić information content (AvgIpc) is 2.32. The Morgan fingerprint density at radius 3 is 2.50 bits per heavy atom. The van der Waals surface area contributed by atoms with Crippen molar-refractivity contribution in [1.82, 2.24) is 0 Å². The lowest BCUT2D eigenvalue weighted by Gasteiger charge is -2.06. The molecule has 0 fully saturated rings. The molecule has 0 amide bonds. The van der Waals surface area contributed by atoms with Crippen LogP contribution in [0.2, 0.25) is 0 Å². The van der Waals surface area contributed by atoms with E-state index in [-0.39, 0.29) is 5.82 Å². The highest BCUT2D eigenvalue weighted by molar-refractivity contribution is 9.10. The van der Waals surface area contributed by atoms with E-state index >= 15 is 0 Å². The minimum Gasteiger partial charge on any atom is -0.381 e. The van der Waals surface area contributed by atoms with E-state index in [4.69, 9.17) is 0 Å². The number of para-hydroxylation sites is 1. The molecular weight excluding hydrogens is 269 g/mol. The molecule has 3 heteroatoms. The molecule has 0 atom stereocenters. The number of nitrogens with one attached hydrogen (secondary N) is 1. The Balaban J connectivity index is 2.03. The summed E-state index contributed by atoms with van der Waals surface area (Å²) in [6.45, 7) is 0.683. The lowest BCUT2D eigenvalue weighted by Crippen LogP contribution is -1.99. The summed E-state index contributed by atoms with van der Waals surface area (Å²) in [5.41, 5.74) is 2.10. The topological polar surface area (TPSA) is 12.0 Å². The van der Waals surface area contributed by atoms with Crippen LogP contribution in [0.1, 0.15) is 5.56 Å². The summed E-state index contributed by atoms with van der Waals surface area (Å²) in [6, 6.07) is 14.9. The zero-order chi connectivity index (χ0) is 11.4. The van der Waals surface area contributed by atoms with E-state index in [2.05, 4.69) is 21.2 Å². The summed E-state index contributed by atoms with van der Waals surface area (Å²) in [4.78, 5) is 0. The molecule has 1 N–H and O–H groups in total. The summed E-state index contributed by atoms with van der Waals surface area (Å²) in [5.74, 6) is -0.233. The van der Waals surface area contributed by atoms with Gasteiger partial charge in [0.05, 0.1) is 4.47 Å². The third-order valence-corrected chi connectivity index (χ3v) is 2.86. The molecule has 0 aliphatic carbocycles. The van der Waals surface area contributed by atoms with Gasteiger partial charge in [-0.15, -0.1) is 0 Å². The molecule has 16 heavy (non-hydrogen) atoms. The minimum atomic E-state index is -0.233. The van der Waals surface area contributed by atoms with Crippen molar-refractivity contribution in [3.63, 3.8) is 0 Å². The molecule has 0 saturated carbocycles. The maximum Gasteiger partial charge on any atom is 0.137 e. The fraction of sp³-hybridized carbons (Fsp3) is 0.0769. The molecule has 0 spiro atoms. The van der Waals surface area contributed by atoms with E-state index in [1.54, 1.807) is 12.1 Å². The first kappa shape index (κ1) is 11.1. The first-order chi connectivity index (χ1) is 7.75. The van der Waals surface area contributed by atoms with Crippen molar-refractivity contribution in [3.05, 3.63) is 64.4 Å². The van der Waals surface area contributed by atoms with E-state index in [9.17, 15) is 4.39 Å². The first-order valence-electron chi connectivity index (χ1n) is 4.98. The Labute approximate surface area is 102 Å². The third-order valence-electron chi connectivity index (χ3n) is 2.25. The van der Waals surface area contributed by atoms with Crippen molar-refractivity contribution in [1.29, 1.82) is 0 Å². The van der Waals surface area contributed by atoms with Gasteiger partial charge in [0.15, 0.2) is 0 Å². The molecular formula is C13H11BrFN. The van der Waals surface area contributed by atoms with Crippen LogP contribution in [-0.4, -0.2) is 0 Å². The fourth-order valence-electron chi connectivity index (χ4n) is 1.41. The Kier molecular flexibility index (Phi) is 3.57. The number of hydrogen-bond donors (Lipinski definition) is 1. The maximum atomic E-state index is 13.0. The predicted octanol–water partition coefficient (Wildman–Crippen LogP) is 4.20. The van der Waals surface area contributed by atoms with Crippen molar-refractivity contribution in [2.45, 2.75) is 6.54 Å². The molecule has 2 aromatic rings. The molecule has 0 aliphatic rings. The Morgan fingerprint density at radius 1 is 1.06 bits per heavy atom. The number of rotatable bonds is 3. The quantitative estimate of drug-likeness (QED) is 0.888. The molecule has 1 nitrogen and oxygen atoms in total. The van der Waals surface area contributed by atoms with Gasteiger partial charge in [-0.2, -0.15) is 0 Å². The SMILES string of the molecule is Fc1ccc(CNc2ccccc2)cc1Br. The smallest absolute Gasteiger partial charge is 0.137 e. The molecule has 2 rings (SSSR count). The van der Waals surface area contributed by atoms with Crippen LogP contribution in [0.4, 0.5) is 10.1 Å². The number of anilines is 1. The molecule has 82 valence electrons. The fourth-order valence-corrected chi connectivity index (χ4v) is 1.84. The van der Waals surface area contributed by atoms with Gasteiger partial charge >= 0.3 is 0 Å². The van der Waals surface area contributed by atoms with Gasteiger partial charge < -0.3 is 5.32 Å². The zero-order valence-corrected chi connectivity index (χ0v) is 10.2. The van der Waals surface area contributed by atoms with Crippen LogP contribution >= 0.6 is 15.9 Å². The van der Waals surface area contributed by atoms with Gasteiger partial charge in [0.2, 0.25) is 0 Å². The Hall–Kier alpha value is -1.35. The molecule has 0 radical (unpaired) electrons. The first-order valence-corrected chi connectivity index (χ1v) is 5.78. The predicted molar refractivity (Wildman–Crippen MR) is 67.9 cm³/mol. The van der Waals surface area contributed by atoms with E-state index in [0.29, 0.717) is 11.0 Å². The van der Waals surface area contributed by atoms with E-state index in [1.165, 1.54) is 6.07 Å². The Bertz CT molecular complexity index is 471. The maximum absolute atomic E-state index is 13.0. The highest BCUT2D eigenvalue weighted by atomic mass is 79.9. The summed E-state index contributed by atoms with van der Waals surface area (Å²) < 4.78 is 13.5. The second-order valence-corrected chi connectivity index (χ2v) is 4.32.